The summed E-state index contributed by atoms with van der Waals surface area (Å²) in [7, 11) is 0. The zero-order valence-electron chi connectivity index (χ0n) is 18.3. The monoisotopic (exact) mass is 401 g/mol. The summed E-state index contributed by atoms with van der Waals surface area (Å²) in [5.41, 5.74) is 1.68. The van der Waals surface area contributed by atoms with Gasteiger partial charge in [-0.2, -0.15) is 0 Å². The highest BCUT2D eigenvalue weighted by molar-refractivity contribution is 5.68. The summed E-state index contributed by atoms with van der Waals surface area (Å²) < 4.78 is 5.62. The molecule has 2 aliphatic carbocycles. The fraction of sp³-hybridized carbons (Fsp3) is 0.739. The van der Waals surface area contributed by atoms with Crippen molar-refractivity contribution in [1.29, 1.82) is 0 Å². The minimum absolute atomic E-state index is 0.0390. The van der Waals surface area contributed by atoms with Crippen LogP contribution in [0.2, 0.25) is 0 Å². The normalized spacial score (nSPS) is 23.4. The van der Waals surface area contributed by atoms with Crippen LogP contribution < -0.4 is 5.43 Å². The van der Waals surface area contributed by atoms with Gasteiger partial charge in [0.25, 0.3) is 0 Å². The topological polar surface area (TPSA) is 65.6 Å². The van der Waals surface area contributed by atoms with Crippen LogP contribution in [0, 0.1) is 0 Å². The molecule has 0 aromatic carbocycles. The molecule has 3 fully saturated rings. The van der Waals surface area contributed by atoms with Gasteiger partial charge in [-0.25, -0.2) is 4.79 Å². The Hall–Kier alpha value is -1.82. The first-order chi connectivity index (χ1) is 13.6. The van der Waals surface area contributed by atoms with E-state index in [0.29, 0.717) is 19.6 Å². The third-order valence-corrected chi connectivity index (χ3v) is 6.99. The second kappa shape index (κ2) is 7.15. The number of aromatic nitrogens is 1. The molecule has 2 saturated carbocycles. The molecule has 160 valence electrons. The van der Waals surface area contributed by atoms with Crippen LogP contribution in [0.3, 0.4) is 0 Å². The third-order valence-electron chi connectivity index (χ3n) is 6.99. The van der Waals surface area contributed by atoms with Gasteiger partial charge in [-0.15, -0.1) is 0 Å². The van der Waals surface area contributed by atoms with Crippen LogP contribution in [-0.4, -0.2) is 51.7 Å². The van der Waals surface area contributed by atoms with Gasteiger partial charge in [-0.1, -0.05) is 19.8 Å². The number of aromatic amines is 1. The third kappa shape index (κ3) is 4.23. The van der Waals surface area contributed by atoms with E-state index >= 15 is 0 Å². The SMILES string of the molecule is CC(C)(C)OC(=O)N1CCN(Cc2c[nH]c(C3(C)CC3)cc2=O)C2(CCCC2)C1. The predicted octanol–water partition coefficient (Wildman–Crippen LogP) is 3.79. The Morgan fingerprint density at radius 1 is 1.17 bits per heavy atom. The maximum atomic E-state index is 12.8. The highest BCUT2D eigenvalue weighted by atomic mass is 16.6. The number of amides is 1. The van der Waals surface area contributed by atoms with Crippen molar-refractivity contribution in [1.82, 2.24) is 14.8 Å². The summed E-state index contributed by atoms with van der Waals surface area (Å²) in [5, 5.41) is 0. The summed E-state index contributed by atoms with van der Waals surface area (Å²) in [5.74, 6) is 0. The quantitative estimate of drug-likeness (QED) is 0.837. The number of carbonyl (C=O) groups excluding carboxylic acids is 1. The molecule has 1 aromatic rings. The van der Waals surface area contributed by atoms with Gasteiger partial charge in [0.05, 0.1) is 0 Å². The maximum absolute atomic E-state index is 12.8. The Morgan fingerprint density at radius 2 is 1.86 bits per heavy atom. The minimum Gasteiger partial charge on any atom is -0.444 e. The number of ether oxygens (including phenoxy) is 1. The van der Waals surface area contributed by atoms with Crippen LogP contribution in [0.25, 0.3) is 0 Å². The molecule has 4 rings (SSSR count). The first-order valence-electron chi connectivity index (χ1n) is 11.1. The fourth-order valence-corrected chi connectivity index (χ4v) is 4.89. The highest BCUT2D eigenvalue weighted by Gasteiger charge is 2.46. The fourth-order valence-electron chi connectivity index (χ4n) is 4.89. The number of carbonyl (C=O) groups is 1. The Bertz CT molecular complexity index is 829. The van der Waals surface area contributed by atoms with Crippen molar-refractivity contribution < 1.29 is 9.53 Å². The number of piperazine rings is 1. The Balaban J connectivity index is 1.49. The summed E-state index contributed by atoms with van der Waals surface area (Å²) in [6.45, 7) is 10.7. The molecule has 1 saturated heterocycles. The van der Waals surface area contributed by atoms with Crippen molar-refractivity contribution >= 4 is 6.09 Å². The first-order valence-corrected chi connectivity index (χ1v) is 11.1. The number of nitrogens with zero attached hydrogens (tertiary/aromatic N) is 2. The van der Waals surface area contributed by atoms with Gasteiger partial charge in [0.1, 0.15) is 5.60 Å². The van der Waals surface area contributed by atoms with E-state index < -0.39 is 5.60 Å². The van der Waals surface area contributed by atoms with E-state index in [2.05, 4.69) is 16.8 Å². The van der Waals surface area contributed by atoms with Gasteiger partial charge in [-0.05, 0) is 46.5 Å². The van der Waals surface area contributed by atoms with Crippen molar-refractivity contribution in [2.45, 2.75) is 89.3 Å². The second-order valence-corrected chi connectivity index (χ2v) is 10.6. The summed E-state index contributed by atoms with van der Waals surface area (Å²) in [6, 6.07) is 1.81. The molecule has 1 aliphatic heterocycles. The average molecular weight is 402 g/mol. The zero-order chi connectivity index (χ0) is 20.9. The smallest absolute Gasteiger partial charge is 0.410 e. The Labute approximate surface area is 173 Å². The Kier molecular flexibility index (Phi) is 5.04. The van der Waals surface area contributed by atoms with E-state index in [-0.39, 0.29) is 22.5 Å². The number of H-pyrrole nitrogens is 1. The van der Waals surface area contributed by atoms with Gasteiger partial charge in [-0.3, -0.25) is 9.69 Å². The van der Waals surface area contributed by atoms with Crippen LogP contribution in [-0.2, 0) is 16.7 Å². The average Bonchev–Trinajstić information content (AvgIpc) is 3.22. The van der Waals surface area contributed by atoms with Crippen LogP contribution in [0.4, 0.5) is 4.79 Å². The number of pyridine rings is 1. The van der Waals surface area contributed by atoms with Gasteiger partial charge in [0.15, 0.2) is 5.43 Å². The van der Waals surface area contributed by atoms with Gasteiger partial charge >= 0.3 is 6.09 Å². The van der Waals surface area contributed by atoms with E-state index in [0.717, 1.165) is 43.5 Å². The molecule has 6 heteroatoms. The van der Waals surface area contributed by atoms with Crippen molar-refractivity contribution in [2.24, 2.45) is 0 Å². The molecule has 6 nitrogen and oxygen atoms in total. The lowest BCUT2D eigenvalue weighted by Gasteiger charge is -2.49. The van der Waals surface area contributed by atoms with E-state index in [1.807, 2.05) is 31.9 Å². The predicted molar refractivity (Wildman–Crippen MR) is 113 cm³/mol. The molecular weight excluding hydrogens is 366 g/mol. The van der Waals surface area contributed by atoms with Crippen LogP contribution in [0.15, 0.2) is 17.1 Å². The molecule has 0 bridgehead atoms. The molecule has 1 spiro atoms. The molecule has 1 N–H and O–H groups in total. The van der Waals surface area contributed by atoms with Gasteiger partial charge in [0.2, 0.25) is 0 Å². The molecule has 0 radical (unpaired) electrons. The second-order valence-electron chi connectivity index (χ2n) is 10.6. The van der Waals surface area contributed by atoms with Gasteiger partial charge < -0.3 is 14.6 Å². The zero-order valence-corrected chi connectivity index (χ0v) is 18.3. The maximum Gasteiger partial charge on any atom is 0.410 e. The summed E-state index contributed by atoms with van der Waals surface area (Å²) in [6.07, 6.45) is 8.49. The van der Waals surface area contributed by atoms with E-state index in [9.17, 15) is 9.59 Å². The number of hydrogen-bond acceptors (Lipinski definition) is 4. The van der Waals surface area contributed by atoms with E-state index in [1.165, 1.54) is 12.8 Å². The summed E-state index contributed by atoms with van der Waals surface area (Å²) >= 11 is 0. The number of rotatable bonds is 3. The lowest BCUT2D eigenvalue weighted by molar-refractivity contribution is -0.0279. The van der Waals surface area contributed by atoms with E-state index in [4.69, 9.17) is 4.74 Å². The first kappa shape index (κ1) is 20.5. The summed E-state index contributed by atoms with van der Waals surface area (Å²) in [4.78, 5) is 33.1. The molecule has 2 heterocycles. The number of nitrogens with one attached hydrogen (secondary N) is 1. The van der Waals surface area contributed by atoms with Crippen LogP contribution in [0.5, 0.6) is 0 Å². The number of hydrogen-bond donors (Lipinski definition) is 1. The molecular formula is C23H35N3O3. The van der Waals surface area contributed by atoms with Crippen molar-refractivity contribution in [3.05, 3.63) is 33.7 Å². The molecule has 1 amide bonds. The lowest BCUT2D eigenvalue weighted by Crippen LogP contribution is -2.62. The van der Waals surface area contributed by atoms with Gasteiger partial charge in [0, 0.05) is 60.7 Å². The highest BCUT2D eigenvalue weighted by Crippen LogP contribution is 2.46. The molecule has 29 heavy (non-hydrogen) atoms. The minimum atomic E-state index is -0.482. The lowest BCUT2D eigenvalue weighted by atomic mass is 9.91. The Morgan fingerprint density at radius 3 is 2.45 bits per heavy atom. The van der Waals surface area contributed by atoms with Crippen molar-refractivity contribution in [2.75, 3.05) is 19.6 Å². The van der Waals surface area contributed by atoms with Crippen molar-refractivity contribution in [3.63, 3.8) is 0 Å². The molecule has 1 aromatic heterocycles. The molecule has 0 unspecified atom stereocenters. The van der Waals surface area contributed by atoms with E-state index in [1.54, 1.807) is 6.07 Å². The van der Waals surface area contributed by atoms with Crippen molar-refractivity contribution in [3.8, 4) is 0 Å². The molecule has 3 aliphatic rings. The standard InChI is InChI=1S/C23H35N3O3/c1-21(2,3)29-20(28)25-11-12-26(23(16-25)7-5-6-8-23)15-17-14-24-19(13-18(17)27)22(4)9-10-22/h13-14H,5-12,15-16H2,1-4H3,(H,24,27). The largest absolute Gasteiger partial charge is 0.444 e. The molecule has 0 atom stereocenters. The van der Waals surface area contributed by atoms with Crippen LogP contribution >= 0.6 is 0 Å². The van der Waals surface area contributed by atoms with Crippen LogP contribution in [0.1, 0.15) is 77.5 Å².